The Kier molecular flexibility index (Phi) is 6.54. The normalized spacial score (nSPS) is 22.2. The molecule has 96 valence electrons. The topological polar surface area (TPSA) is 38.3 Å². The van der Waals surface area contributed by atoms with Crippen LogP contribution < -0.4 is 5.32 Å². The molecule has 0 aromatic heterocycles. The van der Waals surface area contributed by atoms with E-state index in [1.165, 1.54) is 0 Å². The molecule has 4 heteroatoms. The van der Waals surface area contributed by atoms with Crippen LogP contribution in [0, 0.1) is 5.92 Å². The first-order valence-corrected chi connectivity index (χ1v) is 7.71. The van der Waals surface area contributed by atoms with E-state index in [1.807, 2.05) is 0 Å². The van der Waals surface area contributed by atoms with Crippen molar-refractivity contribution in [2.45, 2.75) is 44.9 Å². The molecule has 3 nitrogen and oxygen atoms in total. The van der Waals surface area contributed by atoms with Crippen LogP contribution in [0.1, 0.15) is 33.6 Å². The molecule has 1 heterocycles. The molecule has 0 bridgehead atoms. The molecule has 0 saturated carbocycles. The molecule has 1 fully saturated rings. The summed E-state index contributed by atoms with van der Waals surface area (Å²) >= 11 is 0. The molecule has 0 aromatic carbocycles. The van der Waals surface area contributed by atoms with E-state index < -0.39 is 10.8 Å². The zero-order chi connectivity index (χ0) is 12.0. The molecular weight excluding hydrogens is 222 g/mol. The molecule has 1 aliphatic heterocycles. The van der Waals surface area contributed by atoms with Crippen LogP contribution in [0.25, 0.3) is 0 Å². The van der Waals surface area contributed by atoms with Gasteiger partial charge in [0.25, 0.3) is 0 Å². The van der Waals surface area contributed by atoms with Gasteiger partial charge in [0.05, 0.1) is 0 Å². The first kappa shape index (κ1) is 14.1. The monoisotopic (exact) mass is 247 g/mol. The maximum atomic E-state index is 12.2. The standard InChI is InChI=1S/C12H25NO2S/c1-4-13-12(10(2)3)9-16(14)11-5-7-15-8-6-11/h10-13H,4-9H2,1-3H3. The van der Waals surface area contributed by atoms with Crippen molar-refractivity contribution in [2.75, 3.05) is 25.5 Å². The molecule has 1 N–H and O–H groups in total. The Bertz CT molecular complexity index is 215. The van der Waals surface area contributed by atoms with Crippen LogP contribution >= 0.6 is 0 Å². The number of nitrogens with one attached hydrogen (secondary N) is 1. The first-order valence-electron chi connectivity index (χ1n) is 6.33. The van der Waals surface area contributed by atoms with Gasteiger partial charge in [0.2, 0.25) is 0 Å². The lowest BCUT2D eigenvalue weighted by Crippen LogP contribution is -2.41. The Morgan fingerprint density at radius 3 is 2.50 bits per heavy atom. The highest BCUT2D eigenvalue weighted by atomic mass is 32.2. The molecule has 16 heavy (non-hydrogen) atoms. The van der Waals surface area contributed by atoms with Gasteiger partial charge in [0.15, 0.2) is 0 Å². The van der Waals surface area contributed by atoms with E-state index in [0.717, 1.165) is 38.4 Å². The van der Waals surface area contributed by atoms with E-state index in [2.05, 4.69) is 26.1 Å². The highest BCUT2D eigenvalue weighted by Gasteiger charge is 2.23. The Morgan fingerprint density at radius 2 is 2.00 bits per heavy atom. The number of ether oxygens (including phenoxy) is 1. The largest absolute Gasteiger partial charge is 0.381 e. The molecule has 0 spiro atoms. The summed E-state index contributed by atoms with van der Waals surface area (Å²) in [6.45, 7) is 9.00. The summed E-state index contributed by atoms with van der Waals surface area (Å²) in [5.41, 5.74) is 0. The van der Waals surface area contributed by atoms with E-state index in [4.69, 9.17) is 4.74 Å². The van der Waals surface area contributed by atoms with Crippen LogP contribution in [0.5, 0.6) is 0 Å². The average molecular weight is 247 g/mol. The van der Waals surface area contributed by atoms with Crippen LogP contribution in [0.2, 0.25) is 0 Å². The molecular formula is C12H25NO2S. The highest BCUT2D eigenvalue weighted by molar-refractivity contribution is 7.85. The van der Waals surface area contributed by atoms with Crippen LogP contribution in [-0.2, 0) is 15.5 Å². The van der Waals surface area contributed by atoms with E-state index in [0.29, 0.717) is 17.2 Å². The van der Waals surface area contributed by atoms with Gasteiger partial charge in [-0.15, -0.1) is 0 Å². The molecule has 0 radical (unpaired) electrons. The minimum absolute atomic E-state index is 0.355. The van der Waals surface area contributed by atoms with Crippen LogP contribution in [0.3, 0.4) is 0 Å². The molecule has 0 aliphatic carbocycles. The van der Waals surface area contributed by atoms with Crippen LogP contribution in [-0.4, -0.2) is 41.0 Å². The summed E-state index contributed by atoms with van der Waals surface area (Å²) in [5.74, 6) is 1.33. The van der Waals surface area contributed by atoms with Gasteiger partial charge in [-0.05, 0) is 25.3 Å². The Labute approximate surface area is 102 Å². The summed E-state index contributed by atoms with van der Waals surface area (Å²) in [6, 6.07) is 0.383. The van der Waals surface area contributed by atoms with Gasteiger partial charge in [-0.3, -0.25) is 4.21 Å². The van der Waals surface area contributed by atoms with Crippen molar-refractivity contribution in [3.63, 3.8) is 0 Å². The van der Waals surface area contributed by atoms with Gasteiger partial charge in [-0.1, -0.05) is 20.8 Å². The van der Waals surface area contributed by atoms with Crippen LogP contribution in [0.4, 0.5) is 0 Å². The third-order valence-corrected chi connectivity index (χ3v) is 5.06. The molecule has 0 amide bonds. The third kappa shape index (κ3) is 4.52. The second kappa shape index (κ2) is 7.41. The lowest BCUT2D eigenvalue weighted by atomic mass is 10.1. The highest BCUT2D eigenvalue weighted by Crippen LogP contribution is 2.15. The predicted octanol–water partition coefficient (Wildman–Crippen LogP) is 1.55. The molecule has 0 aromatic rings. The zero-order valence-electron chi connectivity index (χ0n) is 10.7. The number of hydrogen-bond donors (Lipinski definition) is 1. The average Bonchev–Trinajstić information content (AvgIpc) is 2.29. The SMILES string of the molecule is CCNC(CS(=O)C1CCOCC1)C(C)C. The van der Waals surface area contributed by atoms with Gasteiger partial charge in [0, 0.05) is 41.1 Å². The number of rotatable bonds is 6. The van der Waals surface area contributed by atoms with E-state index in [-0.39, 0.29) is 0 Å². The third-order valence-electron chi connectivity index (χ3n) is 3.15. The van der Waals surface area contributed by atoms with Crippen molar-refractivity contribution < 1.29 is 8.95 Å². The smallest absolute Gasteiger partial charge is 0.0477 e. The molecule has 1 rings (SSSR count). The van der Waals surface area contributed by atoms with E-state index in [1.54, 1.807) is 0 Å². The summed E-state index contributed by atoms with van der Waals surface area (Å²) in [5, 5.41) is 3.78. The maximum absolute atomic E-state index is 12.2. The quantitative estimate of drug-likeness (QED) is 0.774. The van der Waals surface area contributed by atoms with Gasteiger partial charge in [-0.2, -0.15) is 0 Å². The molecule has 2 unspecified atom stereocenters. The van der Waals surface area contributed by atoms with Crippen molar-refractivity contribution >= 4 is 10.8 Å². The number of hydrogen-bond acceptors (Lipinski definition) is 3. The lowest BCUT2D eigenvalue weighted by molar-refractivity contribution is 0.0991. The van der Waals surface area contributed by atoms with E-state index >= 15 is 0 Å². The van der Waals surface area contributed by atoms with Crippen molar-refractivity contribution in [1.82, 2.24) is 5.32 Å². The maximum Gasteiger partial charge on any atom is 0.0477 e. The summed E-state index contributed by atoms with van der Waals surface area (Å²) < 4.78 is 17.5. The fraction of sp³-hybridized carbons (Fsp3) is 1.00. The van der Waals surface area contributed by atoms with Crippen molar-refractivity contribution in [2.24, 2.45) is 5.92 Å². The second-order valence-corrected chi connectivity index (χ2v) is 6.53. The first-order chi connectivity index (χ1) is 7.65. The van der Waals surface area contributed by atoms with Crippen molar-refractivity contribution in [3.05, 3.63) is 0 Å². The molecule has 2 atom stereocenters. The summed E-state index contributed by atoms with van der Waals surface area (Å²) in [4.78, 5) is 0. The van der Waals surface area contributed by atoms with Gasteiger partial charge in [-0.25, -0.2) is 0 Å². The Balaban J connectivity index is 2.40. The lowest BCUT2D eigenvalue weighted by Gasteiger charge is -2.26. The second-order valence-electron chi connectivity index (χ2n) is 4.77. The van der Waals surface area contributed by atoms with Crippen LogP contribution in [0.15, 0.2) is 0 Å². The van der Waals surface area contributed by atoms with Gasteiger partial charge in [0.1, 0.15) is 0 Å². The van der Waals surface area contributed by atoms with Gasteiger partial charge < -0.3 is 10.1 Å². The van der Waals surface area contributed by atoms with Gasteiger partial charge >= 0.3 is 0 Å². The summed E-state index contributed by atoms with van der Waals surface area (Å²) in [6.07, 6.45) is 1.92. The molecule has 1 saturated heterocycles. The van der Waals surface area contributed by atoms with E-state index in [9.17, 15) is 4.21 Å². The fourth-order valence-electron chi connectivity index (χ4n) is 2.00. The minimum atomic E-state index is -0.701. The molecule has 1 aliphatic rings. The minimum Gasteiger partial charge on any atom is -0.381 e. The fourth-order valence-corrected chi connectivity index (χ4v) is 3.85. The summed E-state index contributed by atoms with van der Waals surface area (Å²) in [7, 11) is -0.701. The zero-order valence-corrected chi connectivity index (χ0v) is 11.5. The Morgan fingerprint density at radius 1 is 1.38 bits per heavy atom. The predicted molar refractivity (Wildman–Crippen MR) is 69.2 cm³/mol. The van der Waals surface area contributed by atoms with Crippen molar-refractivity contribution in [3.8, 4) is 0 Å². The van der Waals surface area contributed by atoms with Crippen molar-refractivity contribution in [1.29, 1.82) is 0 Å². The Hall–Kier alpha value is 0.0700.